The Hall–Kier alpha value is -1.35. The largest absolute Gasteiger partial charge is 0.466 e. The van der Waals surface area contributed by atoms with Gasteiger partial charge in [-0.3, -0.25) is 9.59 Å². The molecule has 1 unspecified atom stereocenters. The van der Waals surface area contributed by atoms with Gasteiger partial charge in [0.1, 0.15) is 5.38 Å². The molecule has 0 bridgehead atoms. The summed E-state index contributed by atoms with van der Waals surface area (Å²) >= 11 is 6.08. The van der Waals surface area contributed by atoms with Crippen LogP contribution in [0.2, 0.25) is 0 Å². The zero-order valence-corrected chi connectivity index (χ0v) is 11.6. The van der Waals surface area contributed by atoms with E-state index < -0.39 is 5.38 Å². The Morgan fingerprint density at radius 3 is 2.61 bits per heavy atom. The summed E-state index contributed by atoms with van der Waals surface area (Å²) in [7, 11) is 0. The van der Waals surface area contributed by atoms with Crippen molar-refractivity contribution in [2.75, 3.05) is 6.61 Å². The number of benzene rings is 1. The fourth-order valence-corrected chi connectivity index (χ4v) is 1.98. The Kier molecular flexibility index (Phi) is 5.35. The molecule has 1 atom stereocenters. The SMILES string of the molecule is CCOC(=O)Cc1c(C)cccc1C(Cl)C(C)=O. The third kappa shape index (κ3) is 3.57. The Labute approximate surface area is 112 Å². The van der Waals surface area contributed by atoms with Gasteiger partial charge in [-0.15, -0.1) is 11.6 Å². The molecular weight excluding hydrogens is 252 g/mol. The third-order valence-corrected chi connectivity index (χ3v) is 3.25. The Balaban J connectivity index is 3.08. The second-order valence-corrected chi connectivity index (χ2v) is 4.53. The normalized spacial score (nSPS) is 12.0. The van der Waals surface area contributed by atoms with Crippen LogP contribution < -0.4 is 0 Å². The van der Waals surface area contributed by atoms with Crippen LogP contribution in [0.4, 0.5) is 0 Å². The predicted molar refractivity (Wildman–Crippen MR) is 70.8 cm³/mol. The third-order valence-electron chi connectivity index (χ3n) is 2.70. The number of carbonyl (C=O) groups is 2. The zero-order chi connectivity index (χ0) is 13.7. The summed E-state index contributed by atoms with van der Waals surface area (Å²) in [6.07, 6.45) is 0.145. The molecule has 0 heterocycles. The molecule has 1 rings (SSSR count). The van der Waals surface area contributed by atoms with Crippen LogP contribution in [0.1, 0.15) is 35.9 Å². The van der Waals surface area contributed by atoms with Crippen molar-refractivity contribution in [1.29, 1.82) is 0 Å². The van der Waals surface area contributed by atoms with Gasteiger partial charge < -0.3 is 4.74 Å². The molecule has 0 aliphatic heterocycles. The number of rotatable bonds is 5. The van der Waals surface area contributed by atoms with Gasteiger partial charge in [0.15, 0.2) is 5.78 Å². The van der Waals surface area contributed by atoms with E-state index in [2.05, 4.69) is 0 Å². The van der Waals surface area contributed by atoms with Crippen molar-refractivity contribution in [3.05, 3.63) is 34.9 Å². The summed E-state index contributed by atoms with van der Waals surface area (Å²) in [5.41, 5.74) is 2.41. The number of hydrogen-bond donors (Lipinski definition) is 0. The fraction of sp³-hybridized carbons (Fsp3) is 0.429. The van der Waals surface area contributed by atoms with E-state index in [4.69, 9.17) is 16.3 Å². The predicted octanol–water partition coefficient (Wildman–Crippen LogP) is 2.97. The molecule has 98 valence electrons. The quantitative estimate of drug-likeness (QED) is 0.609. The maximum absolute atomic E-state index is 11.6. The second kappa shape index (κ2) is 6.55. The lowest BCUT2D eigenvalue weighted by atomic mass is 9.95. The van der Waals surface area contributed by atoms with Crippen LogP contribution in [0.5, 0.6) is 0 Å². The average molecular weight is 269 g/mol. The minimum Gasteiger partial charge on any atom is -0.466 e. The van der Waals surface area contributed by atoms with E-state index in [1.54, 1.807) is 13.0 Å². The standard InChI is InChI=1S/C14H17ClO3/c1-4-18-13(17)8-12-9(2)6-5-7-11(12)14(15)10(3)16/h5-7,14H,4,8H2,1-3H3. The first-order chi connectivity index (χ1) is 8.47. The van der Waals surface area contributed by atoms with Crippen molar-refractivity contribution < 1.29 is 14.3 Å². The molecule has 0 spiro atoms. The van der Waals surface area contributed by atoms with Crippen LogP contribution in [0, 0.1) is 6.92 Å². The highest BCUT2D eigenvalue weighted by Crippen LogP contribution is 2.27. The molecule has 0 aliphatic rings. The molecule has 1 aromatic rings. The maximum Gasteiger partial charge on any atom is 0.310 e. The van der Waals surface area contributed by atoms with E-state index in [0.29, 0.717) is 12.2 Å². The summed E-state index contributed by atoms with van der Waals surface area (Å²) < 4.78 is 4.93. The molecule has 0 saturated heterocycles. The maximum atomic E-state index is 11.6. The van der Waals surface area contributed by atoms with Crippen LogP contribution in [0.15, 0.2) is 18.2 Å². The van der Waals surface area contributed by atoms with Crippen LogP contribution in [-0.2, 0) is 20.7 Å². The number of Topliss-reactive ketones (excluding diaryl/α,β-unsaturated/α-hetero) is 1. The first-order valence-corrected chi connectivity index (χ1v) is 6.29. The van der Waals surface area contributed by atoms with Crippen molar-refractivity contribution >= 4 is 23.4 Å². The number of ketones is 1. The highest BCUT2D eigenvalue weighted by atomic mass is 35.5. The first kappa shape index (κ1) is 14.7. The molecular formula is C14H17ClO3. The lowest BCUT2D eigenvalue weighted by Gasteiger charge is -2.14. The van der Waals surface area contributed by atoms with Gasteiger partial charge in [-0.1, -0.05) is 18.2 Å². The number of ether oxygens (including phenoxy) is 1. The Morgan fingerprint density at radius 2 is 2.06 bits per heavy atom. The number of aryl methyl sites for hydroxylation is 1. The van der Waals surface area contributed by atoms with Crippen LogP contribution in [-0.4, -0.2) is 18.4 Å². The molecule has 0 fully saturated rings. The van der Waals surface area contributed by atoms with Gasteiger partial charge in [-0.2, -0.15) is 0 Å². The molecule has 0 saturated carbocycles. The van der Waals surface area contributed by atoms with E-state index >= 15 is 0 Å². The average Bonchev–Trinajstić information content (AvgIpc) is 2.31. The topological polar surface area (TPSA) is 43.4 Å². The summed E-state index contributed by atoms with van der Waals surface area (Å²) in [4.78, 5) is 22.9. The van der Waals surface area contributed by atoms with E-state index in [1.807, 2.05) is 19.1 Å². The monoisotopic (exact) mass is 268 g/mol. The molecule has 18 heavy (non-hydrogen) atoms. The second-order valence-electron chi connectivity index (χ2n) is 4.10. The summed E-state index contributed by atoms with van der Waals surface area (Å²) in [6, 6.07) is 5.50. The molecule has 0 radical (unpaired) electrons. The number of halogens is 1. The van der Waals surface area contributed by atoms with E-state index in [9.17, 15) is 9.59 Å². The first-order valence-electron chi connectivity index (χ1n) is 5.85. The van der Waals surface area contributed by atoms with Gasteiger partial charge in [0.05, 0.1) is 13.0 Å². The molecule has 0 amide bonds. The van der Waals surface area contributed by atoms with Gasteiger partial charge in [-0.25, -0.2) is 0 Å². The lowest BCUT2D eigenvalue weighted by Crippen LogP contribution is -2.13. The van der Waals surface area contributed by atoms with Gasteiger partial charge in [0.2, 0.25) is 0 Å². The summed E-state index contributed by atoms with van der Waals surface area (Å²) in [5, 5.41) is -0.714. The van der Waals surface area contributed by atoms with Crippen molar-refractivity contribution in [3.63, 3.8) is 0 Å². The molecule has 4 heteroatoms. The summed E-state index contributed by atoms with van der Waals surface area (Å²) in [6.45, 7) is 5.43. The van der Waals surface area contributed by atoms with E-state index in [0.717, 1.165) is 11.1 Å². The van der Waals surface area contributed by atoms with Gasteiger partial charge in [0.25, 0.3) is 0 Å². The number of esters is 1. The fourth-order valence-electron chi connectivity index (χ4n) is 1.78. The van der Waals surface area contributed by atoms with Crippen LogP contribution >= 0.6 is 11.6 Å². The van der Waals surface area contributed by atoms with E-state index in [-0.39, 0.29) is 18.2 Å². The summed E-state index contributed by atoms with van der Waals surface area (Å²) in [5.74, 6) is -0.437. The van der Waals surface area contributed by atoms with Gasteiger partial charge >= 0.3 is 5.97 Å². The van der Waals surface area contributed by atoms with Gasteiger partial charge in [0, 0.05) is 0 Å². The highest BCUT2D eigenvalue weighted by molar-refractivity contribution is 6.31. The Morgan fingerprint density at radius 1 is 1.39 bits per heavy atom. The minimum atomic E-state index is -0.714. The molecule has 1 aromatic carbocycles. The van der Waals surface area contributed by atoms with Gasteiger partial charge in [-0.05, 0) is 37.5 Å². The minimum absolute atomic E-state index is 0.132. The highest BCUT2D eigenvalue weighted by Gasteiger charge is 2.20. The van der Waals surface area contributed by atoms with Crippen molar-refractivity contribution in [2.45, 2.75) is 32.6 Å². The van der Waals surface area contributed by atoms with Crippen molar-refractivity contribution in [3.8, 4) is 0 Å². The smallest absolute Gasteiger partial charge is 0.310 e. The lowest BCUT2D eigenvalue weighted by molar-refractivity contribution is -0.142. The van der Waals surface area contributed by atoms with Crippen LogP contribution in [0.25, 0.3) is 0 Å². The number of hydrogen-bond acceptors (Lipinski definition) is 3. The van der Waals surface area contributed by atoms with Crippen molar-refractivity contribution in [2.24, 2.45) is 0 Å². The number of carbonyl (C=O) groups excluding carboxylic acids is 2. The van der Waals surface area contributed by atoms with E-state index in [1.165, 1.54) is 6.92 Å². The molecule has 0 aromatic heterocycles. The molecule has 0 N–H and O–H groups in total. The molecule has 0 aliphatic carbocycles. The van der Waals surface area contributed by atoms with Crippen LogP contribution in [0.3, 0.4) is 0 Å². The van der Waals surface area contributed by atoms with Crippen molar-refractivity contribution in [1.82, 2.24) is 0 Å². The zero-order valence-electron chi connectivity index (χ0n) is 10.8. The number of alkyl halides is 1. The Bertz CT molecular complexity index is 454. The molecule has 3 nitrogen and oxygen atoms in total.